The molecular formula is C19H28N2O2. The van der Waals surface area contributed by atoms with E-state index >= 15 is 0 Å². The predicted molar refractivity (Wildman–Crippen MR) is 92.9 cm³/mol. The summed E-state index contributed by atoms with van der Waals surface area (Å²) in [5, 5.41) is 6.69. The van der Waals surface area contributed by atoms with Crippen LogP contribution in [-0.4, -0.2) is 24.6 Å². The Hall–Kier alpha value is -1.55. The van der Waals surface area contributed by atoms with Gasteiger partial charge < -0.3 is 15.4 Å². The first-order valence-electron chi connectivity index (χ1n) is 8.93. The molecule has 2 fully saturated rings. The van der Waals surface area contributed by atoms with Gasteiger partial charge in [0.25, 0.3) is 0 Å². The molecule has 3 rings (SSSR count). The molecule has 2 atom stereocenters. The van der Waals surface area contributed by atoms with E-state index in [0.29, 0.717) is 31.0 Å². The Labute approximate surface area is 139 Å². The van der Waals surface area contributed by atoms with Crippen LogP contribution in [-0.2, 0) is 4.79 Å². The van der Waals surface area contributed by atoms with Gasteiger partial charge >= 0.3 is 0 Å². The maximum atomic E-state index is 12.4. The molecule has 2 bridgehead atoms. The van der Waals surface area contributed by atoms with E-state index in [-0.39, 0.29) is 5.91 Å². The van der Waals surface area contributed by atoms with E-state index in [1.165, 1.54) is 12.8 Å². The zero-order valence-corrected chi connectivity index (χ0v) is 14.2. The standard InChI is InChI=1S/C19H28N2O2/c1-3-8-23-18-9-13(2)4-7-17(18)21-19(22)12-14-10-15-5-6-16(11-14)20-15/h4,7,9,14-16,20H,3,5-6,8,10-12H2,1-2H3,(H,21,22). The lowest BCUT2D eigenvalue weighted by Crippen LogP contribution is -2.39. The first-order valence-corrected chi connectivity index (χ1v) is 8.93. The van der Waals surface area contributed by atoms with Crippen molar-refractivity contribution in [3.63, 3.8) is 0 Å². The predicted octanol–water partition coefficient (Wildman–Crippen LogP) is 3.64. The second-order valence-electron chi connectivity index (χ2n) is 7.08. The van der Waals surface area contributed by atoms with Crippen molar-refractivity contribution >= 4 is 11.6 Å². The van der Waals surface area contributed by atoms with Crippen molar-refractivity contribution in [2.45, 2.75) is 64.5 Å². The summed E-state index contributed by atoms with van der Waals surface area (Å²) in [5.74, 6) is 1.41. The molecule has 2 unspecified atom stereocenters. The molecule has 0 radical (unpaired) electrons. The number of anilines is 1. The fourth-order valence-electron chi connectivity index (χ4n) is 3.87. The Morgan fingerprint density at radius 2 is 2.04 bits per heavy atom. The van der Waals surface area contributed by atoms with E-state index in [1.54, 1.807) is 0 Å². The van der Waals surface area contributed by atoms with Crippen molar-refractivity contribution < 1.29 is 9.53 Å². The van der Waals surface area contributed by atoms with Crippen molar-refractivity contribution in [3.05, 3.63) is 23.8 Å². The van der Waals surface area contributed by atoms with Gasteiger partial charge in [-0.3, -0.25) is 4.79 Å². The molecule has 0 spiro atoms. The van der Waals surface area contributed by atoms with E-state index in [0.717, 1.165) is 36.3 Å². The summed E-state index contributed by atoms with van der Waals surface area (Å²) < 4.78 is 5.78. The third-order valence-corrected chi connectivity index (χ3v) is 4.92. The number of nitrogens with one attached hydrogen (secondary N) is 2. The minimum Gasteiger partial charge on any atom is -0.491 e. The van der Waals surface area contributed by atoms with Crippen LogP contribution in [0.2, 0.25) is 0 Å². The van der Waals surface area contributed by atoms with Gasteiger partial charge in [0.05, 0.1) is 12.3 Å². The molecule has 0 aromatic heterocycles. The molecule has 0 aliphatic carbocycles. The molecule has 2 aliphatic rings. The second kappa shape index (κ2) is 7.35. The maximum absolute atomic E-state index is 12.4. The van der Waals surface area contributed by atoms with E-state index in [2.05, 4.69) is 17.6 Å². The van der Waals surface area contributed by atoms with Crippen molar-refractivity contribution in [2.75, 3.05) is 11.9 Å². The SMILES string of the molecule is CCCOc1cc(C)ccc1NC(=O)CC1CC2CCC(C1)N2. The van der Waals surface area contributed by atoms with Gasteiger partial charge in [0, 0.05) is 18.5 Å². The van der Waals surface area contributed by atoms with Crippen LogP contribution >= 0.6 is 0 Å². The van der Waals surface area contributed by atoms with Gasteiger partial charge in [-0.2, -0.15) is 0 Å². The lowest BCUT2D eigenvalue weighted by atomic mass is 9.89. The van der Waals surface area contributed by atoms with Crippen LogP contribution in [0, 0.1) is 12.8 Å². The summed E-state index contributed by atoms with van der Waals surface area (Å²) in [4.78, 5) is 12.4. The first-order chi connectivity index (χ1) is 11.1. The Kier molecular flexibility index (Phi) is 5.21. The maximum Gasteiger partial charge on any atom is 0.224 e. The molecule has 0 saturated carbocycles. The van der Waals surface area contributed by atoms with E-state index < -0.39 is 0 Å². The second-order valence-corrected chi connectivity index (χ2v) is 7.08. The van der Waals surface area contributed by atoms with Crippen molar-refractivity contribution in [1.29, 1.82) is 0 Å². The third-order valence-electron chi connectivity index (χ3n) is 4.92. The van der Waals surface area contributed by atoms with Gasteiger partial charge in [-0.05, 0) is 62.6 Å². The zero-order chi connectivity index (χ0) is 16.2. The summed E-state index contributed by atoms with van der Waals surface area (Å²) in [7, 11) is 0. The monoisotopic (exact) mass is 316 g/mol. The fraction of sp³-hybridized carbons (Fsp3) is 0.632. The van der Waals surface area contributed by atoms with Gasteiger partial charge in [-0.15, -0.1) is 0 Å². The van der Waals surface area contributed by atoms with E-state index in [1.807, 2.05) is 25.1 Å². The van der Waals surface area contributed by atoms with Gasteiger partial charge in [-0.1, -0.05) is 13.0 Å². The molecule has 1 aromatic rings. The van der Waals surface area contributed by atoms with Gasteiger partial charge in [0.2, 0.25) is 5.91 Å². The Bertz CT molecular complexity index is 546. The van der Waals surface area contributed by atoms with Crippen LogP contribution in [0.1, 0.15) is 51.0 Å². The largest absolute Gasteiger partial charge is 0.491 e. The fourth-order valence-corrected chi connectivity index (χ4v) is 3.87. The molecular weight excluding hydrogens is 288 g/mol. The quantitative estimate of drug-likeness (QED) is 0.842. The summed E-state index contributed by atoms with van der Waals surface area (Å²) in [6, 6.07) is 7.23. The molecule has 4 heteroatoms. The van der Waals surface area contributed by atoms with Crippen LogP contribution < -0.4 is 15.4 Å². The minimum atomic E-state index is 0.113. The first kappa shape index (κ1) is 16.3. The molecule has 2 N–H and O–H groups in total. The smallest absolute Gasteiger partial charge is 0.224 e. The molecule has 2 saturated heterocycles. The number of fused-ring (bicyclic) bond motifs is 2. The normalized spacial score (nSPS) is 26.1. The molecule has 2 heterocycles. The minimum absolute atomic E-state index is 0.113. The number of rotatable bonds is 6. The summed E-state index contributed by atoms with van der Waals surface area (Å²) >= 11 is 0. The number of aryl methyl sites for hydroxylation is 1. The van der Waals surface area contributed by atoms with Crippen LogP contribution in [0.5, 0.6) is 5.75 Å². The number of amides is 1. The van der Waals surface area contributed by atoms with Crippen LogP contribution in [0.3, 0.4) is 0 Å². The number of carbonyl (C=O) groups is 1. The molecule has 1 amide bonds. The van der Waals surface area contributed by atoms with Crippen molar-refractivity contribution in [2.24, 2.45) is 5.92 Å². The lowest BCUT2D eigenvalue weighted by Gasteiger charge is -2.28. The Morgan fingerprint density at radius 1 is 1.30 bits per heavy atom. The average molecular weight is 316 g/mol. The summed E-state index contributed by atoms with van der Waals surface area (Å²) in [5.41, 5.74) is 1.94. The van der Waals surface area contributed by atoms with Crippen LogP contribution in [0.15, 0.2) is 18.2 Å². The highest BCUT2D eigenvalue weighted by atomic mass is 16.5. The van der Waals surface area contributed by atoms with E-state index in [9.17, 15) is 4.79 Å². The summed E-state index contributed by atoms with van der Waals surface area (Å²) in [6.07, 6.45) is 6.40. The number of carbonyl (C=O) groups excluding carboxylic acids is 1. The van der Waals surface area contributed by atoms with Crippen molar-refractivity contribution in [3.8, 4) is 5.75 Å². The number of hydrogen-bond donors (Lipinski definition) is 2. The number of piperidine rings is 1. The highest BCUT2D eigenvalue weighted by molar-refractivity contribution is 5.92. The van der Waals surface area contributed by atoms with Gasteiger partial charge in [0.15, 0.2) is 0 Å². The molecule has 1 aromatic carbocycles. The summed E-state index contributed by atoms with van der Waals surface area (Å²) in [6.45, 7) is 4.79. The molecule has 4 nitrogen and oxygen atoms in total. The molecule has 2 aliphatic heterocycles. The van der Waals surface area contributed by atoms with Crippen LogP contribution in [0.4, 0.5) is 5.69 Å². The third kappa shape index (κ3) is 4.25. The Balaban J connectivity index is 1.59. The molecule has 23 heavy (non-hydrogen) atoms. The average Bonchev–Trinajstić information content (AvgIpc) is 2.86. The molecule has 126 valence electrons. The number of benzene rings is 1. The van der Waals surface area contributed by atoms with Crippen molar-refractivity contribution in [1.82, 2.24) is 5.32 Å². The highest BCUT2D eigenvalue weighted by Crippen LogP contribution is 2.33. The highest BCUT2D eigenvalue weighted by Gasteiger charge is 2.34. The topological polar surface area (TPSA) is 50.4 Å². The van der Waals surface area contributed by atoms with Gasteiger partial charge in [0.1, 0.15) is 5.75 Å². The number of hydrogen-bond acceptors (Lipinski definition) is 3. The number of ether oxygens (including phenoxy) is 1. The lowest BCUT2D eigenvalue weighted by molar-refractivity contribution is -0.117. The van der Waals surface area contributed by atoms with E-state index in [4.69, 9.17) is 4.74 Å². The zero-order valence-electron chi connectivity index (χ0n) is 14.2. The van der Waals surface area contributed by atoms with Gasteiger partial charge in [-0.25, -0.2) is 0 Å². The van der Waals surface area contributed by atoms with Crippen LogP contribution in [0.25, 0.3) is 0 Å². The Morgan fingerprint density at radius 3 is 2.74 bits per heavy atom.